The van der Waals surface area contributed by atoms with Crippen LogP contribution in [0.3, 0.4) is 0 Å². The monoisotopic (exact) mass is 320 g/mol. The normalized spacial score (nSPS) is 25.4. The van der Waals surface area contributed by atoms with E-state index in [1.165, 1.54) is 0 Å². The van der Waals surface area contributed by atoms with E-state index in [1.807, 2.05) is 49.4 Å². The van der Waals surface area contributed by atoms with E-state index in [0.29, 0.717) is 5.56 Å². The van der Waals surface area contributed by atoms with E-state index in [0.717, 1.165) is 11.1 Å². The Kier molecular flexibility index (Phi) is 3.75. The van der Waals surface area contributed by atoms with Crippen LogP contribution in [-0.4, -0.2) is 10.8 Å². The molecule has 1 aliphatic rings. The summed E-state index contributed by atoms with van der Waals surface area (Å²) in [5, 5.41) is 9.71. The summed E-state index contributed by atoms with van der Waals surface area (Å²) in [5.41, 5.74) is 7.42. The van der Waals surface area contributed by atoms with Crippen LogP contribution in [0.25, 0.3) is 0 Å². The zero-order chi connectivity index (χ0) is 16.6. The molecule has 0 aliphatic heterocycles. The molecule has 3 atom stereocenters. The van der Waals surface area contributed by atoms with Crippen molar-refractivity contribution in [3.05, 3.63) is 71.3 Å². The molecule has 0 radical (unpaired) electrons. The van der Waals surface area contributed by atoms with Gasteiger partial charge in [0.1, 0.15) is 5.41 Å². The first-order chi connectivity index (χ1) is 11.0. The standard InChI is InChI=1S/C19H16N2OS/c1-12-7-9-13(10-8-12)15-16(19(15,11-20)18(21)23)17(22)14-5-3-2-4-6-14/h2-10,15-16H,1H3,(H2,21,23)/t15-,16-,19+/m1/s1. The van der Waals surface area contributed by atoms with Crippen LogP contribution in [-0.2, 0) is 0 Å². The lowest BCUT2D eigenvalue weighted by Gasteiger charge is -2.06. The third kappa shape index (κ3) is 2.34. The maximum atomic E-state index is 12.9. The number of Topliss-reactive ketones (excluding diaryl/α,β-unsaturated/α-hetero) is 1. The molecule has 3 rings (SSSR count). The minimum Gasteiger partial charge on any atom is -0.392 e. The second kappa shape index (κ2) is 5.60. The lowest BCUT2D eigenvalue weighted by molar-refractivity contribution is 0.0959. The van der Waals surface area contributed by atoms with Crippen molar-refractivity contribution in [2.45, 2.75) is 12.8 Å². The molecule has 0 amide bonds. The van der Waals surface area contributed by atoms with Gasteiger partial charge in [-0.1, -0.05) is 72.4 Å². The van der Waals surface area contributed by atoms with Crippen LogP contribution in [0.2, 0.25) is 0 Å². The highest BCUT2D eigenvalue weighted by Gasteiger charge is 2.71. The van der Waals surface area contributed by atoms with Gasteiger partial charge in [-0.15, -0.1) is 0 Å². The van der Waals surface area contributed by atoms with E-state index in [9.17, 15) is 10.1 Å². The molecule has 4 heteroatoms. The topological polar surface area (TPSA) is 66.9 Å². The van der Waals surface area contributed by atoms with Crippen LogP contribution in [0.15, 0.2) is 54.6 Å². The van der Waals surface area contributed by atoms with Gasteiger partial charge < -0.3 is 5.73 Å². The first-order valence-corrected chi connectivity index (χ1v) is 7.80. The number of rotatable bonds is 4. The fourth-order valence-corrected chi connectivity index (χ4v) is 3.56. The molecule has 2 aromatic rings. The summed E-state index contributed by atoms with van der Waals surface area (Å²) in [6.07, 6.45) is 0. The van der Waals surface area contributed by atoms with Gasteiger partial charge in [-0.3, -0.25) is 4.79 Å². The molecule has 3 nitrogen and oxygen atoms in total. The number of benzene rings is 2. The lowest BCUT2D eigenvalue weighted by Crippen LogP contribution is -2.26. The van der Waals surface area contributed by atoms with Crippen LogP contribution in [0.4, 0.5) is 0 Å². The van der Waals surface area contributed by atoms with Gasteiger partial charge in [-0.25, -0.2) is 0 Å². The molecule has 114 valence electrons. The van der Waals surface area contributed by atoms with E-state index in [4.69, 9.17) is 18.0 Å². The number of ketones is 1. The number of thiocarbonyl (C=S) groups is 1. The third-order valence-corrected chi connectivity index (χ3v) is 4.91. The summed E-state index contributed by atoms with van der Waals surface area (Å²) in [4.78, 5) is 13.0. The average Bonchev–Trinajstić information content (AvgIpc) is 3.26. The van der Waals surface area contributed by atoms with Crippen molar-refractivity contribution in [1.82, 2.24) is 0 Å². The Balaban J connectivity index is 2.04. The zero-order valence-electron chi connectivity index (χ0n) is 12.7. The Morgan fingerprint density at radius 3 is 2.30 bits per heavy atom. The largest absolute Gasteiger partial charge is 0.392 e. The Morgan fingerprint density at radius 1 is 1.17 bits per heavy atom. The van der Waals surface area contributed by atoms with Gasteiger partial charge in [0.15, 0.2) is 5.78 Å². The van der Waals surface area contributed by atoms with Crippen LogP contribution in [0.1, 0.15) is 27.4 Å². The molecule has 0 spiro atoms. The predicted molar refractivity (Wildman–Crippen MR) is 93.0 cm³/mol. The lowest BCUT2D eigenvalue weighted by atomic mass is 9.98. The van der Waals surface area contributed by atoms with Gasteiger partial charge in [0.05, 0.1) is 17.0 Å². The highest BCUT2D eigenvalue weighted by Crippen LogP contribution is 2.65. The van der Waals surface area contributed by atoms with Crippen molar-refractivity contribution in [1.29, 1.82) is 5.26 Å². The maximum Gasteiger partial charge on any atom is 0.168 e. The summed E-state index contributed by atoms with van der Waals surface area (Å²) >= 11 is 5.15. The first-order valence-electron chi connectivity index (χ1n) is 7.39. The maximum absolute atomic E-state index is 12.9. The van der Waals surface area contributed by atoms with Gasteiger partial charge in [-0.05, 0) is 12.5 Å². The van der Waals surface area contributed by atoms with E-state index in [-0.39, 0.29) is 16.7 Å². The first kappa shape index (κ1) is 15.4. The minimum atomic E-state index is -1.09. The van der Waals surface area contributed by atoms with E-state index >= 15 is 0 Å². The van der Waals surface area contributed by atoms with Crippen LogP contribution < -0.4 is 5.73 Å². The van der Waals surface area contributed by atoms with Gasteiger partial charge in [-0.2, -0.15) is 5.26 Å². The third-order valence-electron chi connectivity index (χ3n) is 4.58. The number of carbonyl (C=O) groups is 1. The highest BCUT2D eigenvalue weighted by atomic mass is 32.1. The molecule has 0 unspecified atom stereocenters. The number of aryl methyl sites for hydroxylation is 1. The Hall–Kier alpha value is -2.51. The summed E-state index contributed by atoms with van der Waals surface area (Å²) in [7, 11) is 0. The number of nitrogens with two attached hydrogens (primary N) is 1. The molecular weight excluding hydrogens is 304 g/mol. The van der Waals surface area contributed by atoms with Gasteiger partial charge in [0, 0.05) is 11.5 Å². The highest BCUT2D eigenvalue weighted by molar-refractivity contribution is 7.80. The molecule has 1 aliphatic carbocycles. The molecule has 0 bridgehead atoms. The van der Waals surface area contributed by atoms with Crippen LogP contribution in [0, 0.1) is 29.6 Å². The average molecular weight is 320 g/mol. The molecule has 0 heterocycles. The molecule has 1 fully saturated rings. The fraction of sp³-hybridized carbons (Fsp3) is 0.211. The minimum absolute atomic E-state index is 0.0782. The predicted octanol–water partition coefficient (Wildman–Crippen LogP) is 3.39. The number of carbonyl (C=O) groups excluding carboxylic acids is 1. The molecule has 2 N–H and O–H groups in total. The molecule has 23 heavy (non-hydrogen) atoms. The molecule has 0 saturated heterocycles. The van der Waals surface area contributed by atoms with Crippen LogP contribution >= 0.6 is 12.2 Å². The summed E-state index contributed by atoms with van der Waals surface area (Å²) in [5.74, 6) is -0.876. The Morgan fingerprint density at radius 2 is 1.78 bits per heavy atom. The second-order valence-corrected chi connectivity index (χ2v) is 6.38. The number of nitrogens with zero attached hydrogens (tertiary/aromatic N) is 1. The van der Waals surface area contributed by atoms with E-state index in [2.05, 4.69) is 6.07 Å². The Labute approximate surface area is 140 Å². The molecule has 1 saturated carbocycles. The SMILES string of the molecule is Cc1ccc([C@@H]2[C@H](C(=O)c3ccccc3)[C@@]2(C#N)C(N)=S)cc1. The van der Waals surface area contributed by atoms with E-state index < -0.39 is 11.3 Å². The number of hydrogen-bond acceptors (Lipinski definition) is 3. The van der Waals surface area contributed by atoms with Crippen molar-refractivity contribution >= 4 is 23.0 Å². The quantitative estimate of drug-likeness (QED) is 0.692. The molecule has 2 aromatic carbocycles. The second-order valence-electron chi connectivity index (χ2n) is 5.94. The van der Waals surface area contributed by atoms with Crippen molar-refractivity contribution in [3.8, 4) is 6.07 Å². The van der Waals surface area contributed by atoms with Crippen molar-refractivity contribution in [2.75, 3.05) is 0 Å². The van der Waals surface area contributed by atoms with Gasteiger partial charge in [0.25, 0.3) is 0 Å². The molecular formula is C19H16N2OS. The zero-order valence-corrected chi connectivity index (χ0v) is 13.5. The fourth-order valence-electron chi connectivity index (χ4n) is 3.26. The van der Waals surface area contributed by atoms with E-state index in [1.54, 1.807) is 12.1 Å². The molecule has 0 aromatic heterocycles. The number of nitriles is 1. The van der Waals surface area contributed by atoms with Gasteiger partial charge >= 0.3 is 0 Å². The van der Waals surface area contributed by atoms with Crippen LogP contribution in [0.5, 0.6) is 0 Å². The van der Waals surface area contributed by atoms with Gasteiger partial charge in [0.2, 0.25) is 0 Å². The summed E-state index contributed by atoms with van der Waals surface area (Å²) < 4.78 is 0. The number of hydrogen-bond donors (Lipinski definition) is 1. The smallest absolute Gasteiger partial charge is 0.168 e. The Bertz CT molecular complexity index is 808. The van der Waals surface area contributed by atoms with Crippen molar-refractivity contribution in [3.63, 3.8) is 0 Å². The van der Waals surface area contributed by atoms with Crippen molar-refractivity contribution < 1.29 is 4.79 Å². The van der Waals surface area contributed by atoms with Crippen molar-refractivity contribution in [2.24, 2.45) is 17.1 Å². The summed E-state index contributed by atoms with van der Waals surface area (Å²) in [6, 6.07) is 19.1. The summed E-state index contributed by atoms with van der Waals surface area (Å²) in [6.45, 7) is 1.99.